The molecule has 104 valence electrons. The second-order valence-electron chi connectivity index (χ2n) is 4.12. The highest BCUT2D eigenvalue weighted by Gasteiger charge is 2.18. The molecular formula is C12H12N4O2S2. The molecule has 6 nitrogen and oxygen atoms in total. The lowest BCUT2D eigenvalue weighted by Crippen LogP contribution is -2.12. The molecule has 0 radical (unpaired) electrons. The fraction of sp³-hybridized carbons (Fsp3) is 0.167. The van der Waals surface area contributed by atoms with E-state index in [4.69, 9.17) is 0 Å². The fourth-order valence-electron chi connectivity index (χ4n) is 1.75. The molecule has 0 saturated heterocycles. The van der Waals surface area contributed by atoms with E-state index in [9.17, 15) is 8.42 Å². The summed E-state index contributed by atoms with van der Waals surface area (Å²) >= 11 is 1.30. The molecule has 8 heteroatoms. The fourth-order valence-corrected chi connectivity index (χ4v) is 3.80. The van der Waals surface area contributed by atoms with Gasteiger partial charge in [0.2, 0.25) is 0 Å². The molecule has 2 heterocycles. The Morgan fingerprint density at radius 1 is 1.35 bits per heavy atom. The molecule has 1 aromatic carbocycles. The maximum absolute atomic E-state index is 12.2. The van der Waals surface area contributed by atoms with Gasteiger partial charge in [0, 0.05) is 12.7 Å². The lowest BCUT2D eigenvalue weighted by Gasteiger charge is -2.01. The summed E-state index contributed by atoms with van der Waals surface area (Å²) < 4.78 is 29.4. The number of nitrogens with zero attached hydrogens (tertiary/aromatic N) is 3. The van der Waals surface area contributed by atoms with Crippen LogP contribution < -0.4 is 4.72 Å². The van der Waals surface area contributed by atoms with Crippen LogP contribution in [0.4, 0.5) is 5.13 Å². The molecule has 20 heavy (non-hydrogen) atoms. The molecular weight excluding hydrogens is 296 g/mol. The third kappa shape index (κ3) is 2.39. The first-order valence-corrected chi connectivity index (χ1v) is 8.29. The summed E-state index contributed by atoms with van der Waals surface area (Å²) in [6, 6.07) is 7.51. The zero-order valence-electron chi connectivity index (χ0n) is 10.6. The van der Waals surface area contributed by atoms with Gasteiger partial charge in [-0.1, -0.05) is 23.5 Å². The van der Waals surface area contributed by atoms with Crippen LogP contribution in [0.3, 0.4) is 0 Å². The van der Waals surface area contributed by atoms with Gasteiger partial charge < -0.3 is 0 Å². The molecule has 3 aromatic rings. The zero-order valence-corrected chi connectivity index (χ0v) is 12.3. The van der Waals surface area contributed by atoms with Gasteiger partial charge in [-0.25, -0.2) is 13.4 Å². The van der Waals surface area contributed by atoms with Crippen molar-refractivity contribution in [3.63, 3.8) is 0 Å². The normalized spacial score (nSPS) is 11.8. The molecule has 0 unspecified atom stereocenters. The quantitative estimate of drug-likeness (QED) is 0.802. The van der Waals surface area contributed by atoms with E-state index in [2.05, 4.69) is 14.8 Å². The number of thiazole rings is 1. The number of benzene rings is 1. The highest BCUT2D eigenvalue weighted by molar-refractivity contribution is 7.93. The number of hydrogen-bond donors (Lipinski definition) is 1. The molecule has 0 aliphatic rings. The van der Waals surface area contributed by atoms with Crippen molar-refractivity contribution in [2.24, 2.45) is 0 Å². The largest absolute Gasteiger partial charge is 0.272 e. The molecule has 3 rings (SSSR count). The number of rotatable bonds is 4. The van der Waals surface area contributed by atoms with Crippen molar-refractivity contribution < 1.29 is 8.42 Å². The molecule has 0 atom stereocenters. The second-order valence-corrected chi connectivity index (χ2v) is 6.84. The summed E-state index contributed by atoms with van der Waals surface area (Å²) in [5, 5.41) is 4.32. The number of hydrogen-bond acceptors (Lipinski definition) is 5. The minimum absolute atomic E-state index is 0.138. The maximum Gasteiger partial charge on any atom is 0.266 e. The SMILES string of the molecule is CCn1cc(S(=O)(=O)Nc2nc3ccccc3s2)cn1. The lowest BCUT2D eigenvalue weighted by atomic mass is 10.3. The van der Waals surface area contributed by atoms with Gasteiger partial charge >= 0.3 is 0 Å². The lowest BCUT2D eigenvalue weighted by molar-refractivity contribution is 0.600. The maximum atomic E-state index is 12.2. The van der Waals surface area contributed by atoms with Gasteiger partial charge in [0.05, 0.1) is 16.4 Å². The molecule has 0 amide bonds. The van der Waals surface area contributed by atoms with Crippen molar-refractivity contribution in [3.8, 4) is 0 Å². The van der Waals surface area contributed by atoms with Crippen LogP contribution in [0.25, 0.3) is 10.2 Å². The molecule has 0 aliphatic carbocycles. The minimum atomic E-state index is -3.64. The van der Waals surface area contributed by atoms with Gasteiger partial charge in [-0.05, 0) is 19.1 Å². The standard InChI is InChI=1S/C12H12N4O2S2/c1-2-16-8-9(7-13-16)20(17,18)15-12-14-10-5-3-4-6-11(10)19-12/h3-8H,2H2,1H3,(H,14,15). The summed E-state index contributed by atoms with van der Waals surface area (Å²) in [6.45, 7) is 2.51. The van der Waals surface area contributed by atoms with Crippen LogP contribution in [0.2, 0.25) is 0 Å². The van der Waals surface area contributed by atoms with E-state index in [1.165, 1.54) is 23.7 Å². The predicted octanol–water partition coefficient (Wildman–Crippen LogP) is 2.31. The van der Waals surface area contributed by atoms with Crippen molar-refractivity contribution in [1.29, 1.82) is 0 Å². The number of sulfonamides is 1. The van der Waals surface area contributed by atoms with E-state index >= 15 is 0 Å². The smallest absolute Gasteiger partial charge is 0.266 e. The van der Waals surface area contributed by atoms with Crippen LogP contribution in [0.5, 0.6) is 0 Å². The number of aromatic nitrogens is 3. The van der Waals surface area contributed by atoms with E-state index in [0.717, 1.165) is 10.2 Å². The molecule has 0 saturated carbocycles. The molecule has 0 bridgehead atoms. The van der Waals surface area contributed by atoms with Gasteiger partial charge in [-0.3, -0.25) is 9.40 Å². The van der Waals surface area contributed by atoms with Crippen LogP contribution in [0.1, 0.15) is 6.92 Å². The van der Waals surface area contributed by atoms with Crippen molar-refractivity contribution in [2.75, 3.05) is 4.72 Å². The van der Waals surface area contributed by atoms with E-state index in [1.807, 2.05) is 31.2 Å². The summed E-state index contributed by atoms with van der Waals surface area (Å²) in [4.78, 5) is 4.39. The monoisotopic (exact) mass is 308 g/mol. The Morgan fingerprint density at radius 3 is 2.85 bits per heavy atom. The first-order valence-electron chi connectivity index (χ1n) is 5.99. The van der Waals surface area contributed by atoms with E-state index in [-0.39, 0.29) is 4.90 Å². The van der Waals surface area contributed by atoms with Crippen LogP contribution in [0.15, 0.2) is 41.6 Å². The predicted molar refractivity (Wildman–Crippen MR) is 78.3 cm³/mol. The van der Waals surface area contributed by atoms with Crippen molar-refractivity contribution in [1.82, 2.24) is 14.8 Å². The highest BCUT2D eigenvalue weighted by Crippen LogP contribution is 2.27. The Hall–Kier alpha value is -1.93. The summed E-state index contributed by atoms with van der Waals surface area (Å²) in [6.07, 6.45) is 2.83. The van der Waals surface area contributed by atoms with Gasteiger partial charge in [-0.15, -0.1) is 0 Å². The molecule has 0 spiro atoms. The zero-order chi connectivity index (χ0) is 14.2. The first kappa shape index (κ1) is 13.1. The number of para-hydroxylation sites is 1. The Balaban J connectivity index is 1.92. The minimum Gasteiger partial charge on any atom is -0.272 e. The third-order valence-electron chi connectivity index (χ3n) is 2.76. The van der Waals surface area contributed by atoms with E-state index in [1.54, 1.807) is 4.68 Å². The Labute approximate surface area is 120 Å². The van der Waals surface area contributed by atoms with Gasteiger partial charge in [0.1, 0.15) is 4.90 Å². The van der Waals surface area contributed by atoms with Gasteiger partial charge in [0.25, 0.3) is 10.0 Å². The third-order valence-corrected chi connectivity index (χ3v) is 5.13. The van der Waals surface area contributed by atoms with Gasteiger partial charge in [0.15, 0.2) is 5.13 Å². The molecule has 2 aromatic heterocycles. The molecule has 1 N–H and O–H groups in total. The number of aryl methyl sites for hydroxylation is 1. The first-order chi connectivity index (χ1) is 9.58. The van der Waals surface area contributed by atoms with Crippen LogP contribution in [0, 0.1) is 0 Å². The van der Waals surface area contributed by atoms with Crippen molar-refractivity contribution in [2.45, 2.75) is 18.4 Å². The van der Waals surface area contributed by atoms with E-state index in [0.29, 0.717) is 11.7 Å². The Bertz CT molecular complexity index is 818. The average Bonchev–Trinajstić information content (AvgIpc) is 3.04. The van der Waals surface area contributed by atoms with Crippen LogP contribution in [-0.2, 0) is 16.6 Å². The van der Waals surface area contributed by atoms with Crippen molar-refractivity contribution >= 4 is 36.7 Å². The van der Waals surface area contributed by atoms with Gasteiger partial charge in [-0.2, -0.15) is 5.10 Å². The summed E-state index contributed by atoms with van der Waals surface area (Å²) in [5.74, 6) is 0. The second kappa shape index (κ2) is 4.88. The number of fused-ring (bicyclic) bond motifs is 1. The summed E-state index contributed by atoms with van der Waals surface area (Å²) in [7, 11) is -3.64. The number of anilines is 1. The Morgan fingerprint density at radius 2 is 2.15 bits per heavy atom. The van der Waals surface area contributed by atoms with Crippen LogP contribution >= 0.6 is 11.3 Å². The topological polar surface area (TPSA) is 76.9 Å². The Kier molecular flexibility index (Phi) is 3.19. The van der Waals surface area contributed by atoms with Crippen LogP contribution in [-0.4, -0.2) is 23.2 Å². The summed E-state index contributed by atoms with van der Waals surface area (Å²) in [5.41, 5.74) is 0.777. The number of nitrogens with one attached hydrogen (secondary N) is 1. The van der Waals surface area contributed by atoms with Crippen molar-refractivity contribution in [3.05, 3.63) is 36.7 Å². The molecule has 0 fully saturated rings. The molecule has 0 aliphatic heterocycles. The highest BCUT2D eigenvalue weighted by atomic mass is 32.2. The average molecular weight is 308 g/mol. The van der Waals surface area contributed by atoms with E-state index < -0.39 is 10.0 Å².